The van der Waals surface area contributed by atoms with Gasteiger partial charge >= 0.3 is 5.97 Å². The van der Waals surface area contributed by atoms with E-state index in [9.17, 15) is 9.59 Å². The van der Waals surface area contributed by atoms with Crippen LogP contribution in [0, 0.1) is 5.92 Å². The Morgan fingerprint density at radius 3 is 2.72 bits per heavy atom. The molecular weight excluding hydrogens is 487 g/mol. The van der Waals surface area contributed by atoms with E-state index < -0.39 is 5.97 Å². The minimum Gasteiger partial charge on any atom is -0.496 e. The first kappa shape index (κ1) is 25.0. The minimum absolute atomic E-state index is 0. The van der Waals surface area contributed by atoms with Crippen LogP contribution < -0.4 is 15.8 Å². The number of hydrogen-bond acceptors (Lipinski definition) is 5. The highest BCUT2D eigenvalue weighted by Crippen LogP contribution is 2.22. The van der Waals surface area contributed by atoms with Crippen LogP contribution in [0.4, 0.5) is 0 Å². The van der Waals surface area contributed by atoms with E-state index in [0.29, 0.717) is 24.3 Å². The molecule has 0 aromatic heterocycles. The van der Waals surface area contributed by atoms with Gasteiger partial charge in [0, 0.05) is 26.1 Å². The molecule has 1 unspecified atom stereocenters. The molecule has 1 amide bonds. The second-order valence-electron chi connectivity index (χ2n) is 6.82. The Hall–Kier alpha value is -2.04. The molecule has 0 spiro atoms. The third-order valence-corrected chi connectivity index (χ3v) is 4.72. The molecule has 0 aliphatic carbocycles. The molecule has 8 nitrogen and oxygen atoms in total. The van der Waals surface area contributed by atoms with Gasteiger partial charge in [-0.05, 0) is 43.4 Å². The summed E-state index contributed by atoms with van der Waals surface area (Å²) < 4.78 is 10.1. The molecule has 1 aliphatic heterocycles. The zero-order valence-corrected chi connectivity index (χ0v) is 19.6. The summed E-state index contributed by atoms with van der Waals surface area (Å²) in [5.41, 5.74) is 6.61. The van der Waals surface area contributed by atoms with E-state index in [1.807, 2.05) is 13.0 Å². The van der Waals surface area contributed by atoms with Gasteiger partial charge in [0.2, 0.25) is 5.91 Å². The van der Waals surface area contributed by atoms with Crippen molar-refractivity contribution in [3.63, 3.8) is 0 Å². The number of carbonyl (C=O) groups is 2. The average molecular weight is 518 g/mol. The van der Waals surface area contributed by atoms with Crippen molar-refractivity contribution in [2.75, 3.05) is 33.9 Å². The SMILES string of the molecule is CCNC(=NCc1ccc(OC)c(C(=O)OC)c1)N1CCCC(CC(N)=O)C1.I. The Bertz CT molecular complexity index is 726. The summed E-state index contributed by atoms with van der Waals surface area (Å²) in [5, 5.41) is 3.31. The van der Waals surface area contributed by atoms with E-state index in [4.69, 9.17) is 20.2 Å². The van der Waals surface area contributed by atoms with Crippen LogP contribution in [0.15, 0.2) is 23.2 Å². The van der Waals surface area contributed by atoms with Gasteiger partial charge in [-0.15, -0.1) is 24.0 Å². The second kappa shape index (κ2) is 12.5. The number of carbonyl (C=O) groups excluding carboxylic acids is 2. The lowest BCUT2D eigenvalue weighted by atomic mass is 9.95. The summed E-state index contributed by atoms with van der Waals surface area (Å²) in [4.78, 5) is 30.1. The van der Waals surface area contributed by atoms with Gasteiger partial charge in [-0.3, -0.25) is 4.79 Å². The van der Waals surface area contributed by atoms with Crippen LogP contribution in [0.25, 0.3) is 0 Å². The summed E-state index contributed by atoms with van der Waals surface area (Å²) in [7, 11) is 2.86. The Morgan fingerprint density at radius 1 is 1.34 bits per heavy atom. The summed E-state index contributed by atoms with van der Waals surface area (Å²) in [6.45, 7) is 4.81. The molecule has 0 saturated carbocycles. The van der Waals surface area contributed by atoms with Crippen molar-refractivity contribution >= 4 is 41.8 Å². The smallest absolute Gasteiger partial charge is 0.341 e. The number of halogens is 1. The predicted molar refractivity (Wildman–Crippen MR) is 123 cm³/mol. The first-order valence-corrected chi connectivity index (χ1v) is 9.55. The number of benzene rings is 1. The molecule has 1 atom stereocenters. The molecule has 1 aromatic carbocycles. The van der Waals surface area contributed by atoms with Gasteiger partial charge in [0.1, 0.15) is 11.3 Å². The van der Waals surface area contributed by atoms with Crippen LogP contribution in [-0.4, -0.2) is 56.6 Å². The maximum atomic E-state index is 12.0. The van der Waals surface area contributed by atoms with Crippen molar-refractivity contribution in [1.29, 1.82) is 0 Å². The van der Waals surface area contributed by atoms with Crippen molar-refractivity contribution < 1.29 is 19.1 Å². The van der Waals surface area contributed by atoms with E-state index in [1.165, 1.54) is 14.2 Å². The Balaban J connectivity index is 0.00000420. The number of piperidine rings is 1. The average Bonchev–Trinajstić information content (AvgIpc) is 2.70. The Kier molecular flexibility index (Phi) is 10.8. The molecule has 1 aliphatic rings. The van der Waals surface area contributed by atoms with E-state index in [2.05, 4.69) is 10.2 Å². The standard InChI is InChI=1S/C20H30N4O4.HI/c1-4-22-20(24-9-5-6-15(13-24)11-18(21)25)23-12-14-7-8-17(27-2)16(10-14)19(26)28-3;/h7-8,10,15H,4-6,9,11-13H2,1-3H3,(H2,21,25)(H,22,23);1H. The number of ether oxygens (including phenoxy) is 2. The number of rotatable bonds is 7. The number of amides is 1. The highest BCUT2D eigenvalue weighted by molar-refractivity contribution is 14.0. The highest BCUT2D eigenvalue weighted by Gasteiger charge is 2.23. The van der Waals surface area contributed by atoms with Crippen LogP contribution in [-0.2, 0) is 16.1 Å². The van der Waals surface area contributed by atoms with E-state index in [1.54, 1.807) is 12.1 Å². The molecule has 162 valence electrons. The normalized spacial score (nSPS) is 16.6. The largest absolute Gasteiger partial charge is 0.496 e. The lowest BCUT2D eigenvalue weighted by Gasteiger charge is -2.34. The molecule has 1 saturated heterocycles. The molecular formula is C20H31IN4O4. The Labute approximate surface area is 189 Å². The molecule has 1 heterocycles. The molecule has 2 rings (SSSR count). The summed E-state index contributed by atoms with van der Waals surface area (Å²) in [5.74, 6) is 0.813. The lowest BCUT2D eigenvalue weighted by molar-refractivity contribution is -0.119. The number of esters is 1. The van der Waals surface area contributed by atoms with Crippen molar-refractivity contribution in [2.45, 2.75) is 32.7 Å². The fraction of sp³-hybridized carbons (Fsp3) is 0.550. The summed E-state index contributed by atoms with van der Waals surface area (Å²) >= 11 is 0. The van der Waals surface area contributed by atoms with Gasteiger partial charge in [-0.2, -0.15) is 0 Å². The molecule has 0 radical (unpaired) electrons. The van der Waals surface area contributed by atoms with Gasteiger partial charge in [0.05, 0.1) is 20.8 Å². The van der Waals surface area contributed by atoms with Crippen LogP contribution in [0.1, 0.15) is 42.1 Å². The van der Waals surface area contributed by atoms with Gasteiger partial charge < -0.3 is 25.4 Å². The third-order valence-electron chi connectivity index (χ3n) is 4.72. The van der Waals surface area contributed by atoms with Crippen molar-refractivity contribution in [3.05, 3.63) is 29.3 Å². The maximum absolute atomic E-state index is 12.0. The molecule has 9 heteroatoms. The number of aliphatic imine (C=N–C) groups is 1. The molecule has 3 N–H and O–H groups in total. The monoisotopic (exact) mass is 518 g/mol. The molecule has 1 fully saturated rings. The number of primary amides is 1. The summed E-state index contributed by atoms with van der Waals surface area (Å²) in [6.07, 6.45) is 2.40. The molecule has 29 heavy (non-hydrogen) atoms. The molecule has 1 aromatic rings. The molecule has 0 bridgehead atoms. The minimum atomic E-state index is -0.445. The number of nitrogens with two attached hydrogens (primary N) is 1. The number of nitrogens with zero attached hydrogens (tertiary/aromatic N) is 2. The van der Waals surface area contributed by atoms with E-state index in [0.717, 1.165) is 44.0 Å². The second-order valence-corrected chi connectivity index (χ2v) is 6.82. The Morgan fingerprint density at radius 2 is 2.10 bits per heavy atom. The maximum Gasteiger partial charge on any atom is 0.341 e. The van der Waals surface area contributed by atoms with Gasteiger partial charge in [0.15, 0.2) is 5.96 Å². The zero-order valence-electron chi connectivity index (χ0n) is 17.3. The number of methoxy groups -OCH3 is 2. The first-order valence-electron chi connectivity index (χ1n) is 9.55. The van der Waals surface area contributed by atoms with E-state index in [-0.39, 0.29) is 35.8 Å². The third kappa shape index (κ3) is 7.37. The van der Waals surface area contributed by atoms with Crippen LogP contribution in [0.5, 0.6) is 5.75 Å². The first-order chi connectivity index (χ1) is 13.5. The van der Waals surface area contributed by atoms with E-state index >= 15 is 0 Å². The van der Waals surface area contributed by atoms with Gasteiger partial charge in [-0.25, -0.2) is 9.79 Å². The number of nitrogens with one attached hydrogen (secondary N) is 1. The van der Waals surface area contributed by atoms with Crippen LogP contribution >= 0.6 is 24.0 Å². The van der Waals surface area contributed by atoms with Crippen molar-refractivity contribution in [3.8, 4) is 5.75 Å². The quantitative estimate of drug-likeness (QED) is 0.248. The van der Waals surface area contributed by atoms with Gasteiger partial charge in [-0.1, -0.05) is 6.07 Å². The number of guanidine groups is 1. The fourth-order valence-electron chi connectivity index (χ4n) is 3.42. The lowest BCUT2D eigenvalue weighted by Crippen LogP contribution is -2.47. The van der Waals surface area contributed by atoms with Crippen molar-refractivity contribution in [1.82, 2.24) is 10.2 Å². The van der Waals surface area contributed by atoms with Crippen molar-refractivity contribution in [2.24, 2.45) is 16.6 Å². The predicted octanol–water partition coefficient (Wildman–Crippen LogP) is 2.15. The summed E-state index contributed by atoms with van der Waals surface area (Å²) in [6, 6.07) is 5.36. The fourth-order valence-corrected chi connectivity index (χ4v) is 3.42. The highest BCUT2D eigenvalue weighted by atomic mass is 127. The number of likely N-dealkylation sites (tertiary alicyclic amines) is 1. The topological polar surface area (TPSA) is 106 Å². The van der Waals surface area contributed by atoms with Crippen LogP contribution in [0.3, 0.4) is 0 Å². The zero-order chi connectivity index (χ0) is 20.5. The van der Waals surface area contributed by atoms with Crippen LogP contribution in [0.2, 0.25) is 0 Å². The van der Waals surface area contributed by atoms with Gasteiger partial charge in [0.25, 0.3) is 0 Å². The number of hydrogen-bond donors (Lipinski definition) is 2.